The van der Waals surface area contributed by atoms with E-state index < -0.39 is 6.10 Å². The Morgan fingerprint density at radius 2 is 1.59 bits per heavy atom. The van der Waals surface area contributed by atoms with Crippen molar-refractivity contribution in [2.45, 2.75) is 73.0 Å². The van der Waals surface area contributed by atoms with E-state index in [1.165, 1.54) is 0 Å². The lowest BCUT2D eigenvalue weighted by molar-refractivity contribution is -0.128. The van der Waals surface area contributed by atoms with Crippen LogP contribution in [0.1, 0.15) is 73.9 Å². The van der Waals surface area contributed by atoms with Crippen LogP contribution in [-0.2, 0) is 4.79 Å². The van der Waals surface area contributed by atoms with Gasteiger partial charge in [-0.05, 0) is 92.1 Å². The van der Waals surface area contributed by atoms with Crippen molar-refractivity contribution in [1.29, 1.82) is 0 Å². The first-order chi connectivity index (χ1) is 13.7. The van der Waals surface area contributed by atoms with Gasteiger partial charge in [0.15, 0.2) is 6.10 Å². The number of hydrogen-bond acceptors (Lipinski definition) is 3. The molecule has 1 N–H and O–H groups in total. The van der Waals surface area contributed by atoms with Gasteiger partial charge in [-0.3, -0.25) is 4.79 Å². The molecule has 0 saturated heterocycles. The molecule has 0 saturated carbocycles. The maximum Gasteiger partial charge on any atom is 0.261 e. The zero-order chi connectivity index (χ0) is 21.7. The molecule has 0 aliphatic carbocycles. The first-order valence-corrected chi connectivity index (χ1v) is 10.4. The summed E-state index contributed by atoms with van der Waals surface area (Å²) >= 11 is 0. The summed E-state index contributed by atoms with van der Waals surface area (Å²) in [6.45, 7) is 14.4. The van der Waals surface area contributed by atoms with E-state index in [-0.39, 0.29) is 11.9 Å². The highest BCUT2D eigenvalue weighted by Gasteiger charge is 2.22. The Morgan fingerprint density at radius 3 is 2.10 bits per heavy atom. The molecule has 2 aromatic carbocycles. The molecule has 2 atom stereocenters. The largest absolute Gasteiger partial charge is 0.496 e. The van der Waals surface area contributed by atoms with Gasteiger partial charge in [0.2, 0.25) is 0 Å². The van der Waals surface area contributed by atoms with E-state index >= 15 is 0 Å². The molecular formula is C25H35NO3. The number of amides is 1. The number of hydrogen-bond donors (Lipinski definition) is 1. The highest BCUT2D eigenvalue weighted by atomic mass is 16.5. The maximum absolute atomic E-state index is 12.9. The fourth-order valence-electron chi connectivity index (χ4n) is 3.68. The van der Waals surface area contributed by atoms with Crippen molar-refractivity contribution in [3.05, 3.63) is 58.1 Å². The third-order valence-corrected chi connectivity index (χ3v) is 5.20. The molecule has 4 nitrogen and oxygen atoms in total. The van der Waals surface area contributed by atoms with Gasteiger partial charge in [0.1, 0.15) is 11.5 Å². The first-order valence-electron chi connectivity index (χ1n) is 10.4. The van der Waals surface area contributed by atoms with E-state index in [1.807, 2.05) is 46.8 Å². The van der Waals surface area contributed by atoms with Crippen molar-refractivity contribution in [3.63, 3.8) is 0 Å². The number of rotatable bonds is 8. The standard InChI is InChI=1S/C25H35NO3/c1-9-23(29-20-11-16(4)10-17(5)12-20)25(27)26-19(7)22-14-21(15(2)3)24(28-8)13-18(22)6/h10-15,19,23H,9H2,1-8H3,(H,26,27). The van der Waals surface area contributed by atoms with Gasteiger partial charge in [-0.1, -0.05) is 26.8 Å². The topological polar surface area (TPSA) is 47.6 Å². The first kappa shape index (κ1) is 22.8. The summed E-state index contributed by atoms with van der Waals surface area (Å²) in [5, 5.41) is 3.14. The number of carbonyl (C=O) groups is 1. The Morgan fingerprint density at radius 1 is 0.966 bits per heavy atom. The molecule has 0 aliphatic heterocycles. The van der Waals surface area contributed by atoms with Crippen molar-refractivity contribution in [3.8, 4) is 11.5 Å². The third-order valence-electron chi connectivity index (χ3n) is 5.20. The Hall–Kier alpha value is -2.49. The highest BCUT2D eigenvalue weighted by Crippen LogP contribution is 2.32. The Kier molecular flexibility index (Phi) is 7.72. The number of benzene rings is 2. The van der Waals surface area contributed by atoms with Crippen LogP contribution in [0.5, 0.6) is 11.5 Å². The summed E-state index contributed by atoms with van der Waals surface area (Å²) in [5.41, 5.74) is 5.59. The van der Waals surface area contributed by atoms with Crippen molar-refractivity contribution in [2.24, 2.45) is 0 Å². The number of ether oxygens (including phenoxy) is 2. The van der Waals surface area contributed by atoms with Crippen molar-refractivity contribution >= 4 is 5.91 Å². The van der Waals surface area contributed by atoms with Crippen LogP contribution >= 0.6 is 0 Å². The molecule has 0 bridgehead atoms. The summed E-state index contributed by atoms with van der Waals surface area (Å²) in [5.74, 6) is 1.87. The summed E-state index contributed by atoms with van der Waals surface area (Å²) in [7, 11) is 1.70. The minimum absolute atomic E-state index is 0.0968. The van der Waals surface area contributed by atoms with Crippen molar-refractivity contribution < 1.29 is 14.3 Å². The molecular weight excluding hydrogens is 362 g/mol. The normalized spacial score (nSPS) is 13.1. The van der Waals surface area contributed by atoms with Gasteiger partial charge < -0.3 is 14.8 Å². The summed E-state index contributed by atoms with van der Waals surface area (Å²) in [4.78, 5) is 12.9. The molecule has 0 aromatic heterocycles. The van der Waals surface area contributed by atoms with Gasteiger partial charge in [-0.15, -0.1) is 0 Å². The average molecular weight is 398 g/mol. The Bertz CT molecular complexity index is 837. The molecule has 2 aromatic rings. The molecule has 1 amide bonds. The number of methoxy groups -OCH3 is 1. The van der Waals surface area contributed by atoms with Gasteiger partial charge in [0.05, 0.1) is 13.2 Å². The van der Waals surface area contributed by atoms with E-state index in [0.717, 1.165) is 39.3 Å². The molecule has 0 heterocycles. The molecule has 158 valence electrons. The summed E-state index contributed by atoms with van der Waals surface area (Å²) in [6.07, 6.45) is 0.0754. The molecule has 29 heavy (non-hydrogen) atoms. The SMILES string of the molecule is CCC(Oc1cc(C)cc(C)c1)C(=O)NC(C)c1cc(C(C)C)c(OC)cc1C. The molecule has 4 heteroatoms. The lowest BCUT2D eigenvalue weighted by Gasteiger charge is -2.24. The molecule has 0 spiro atoms. The van der Waals surface area contributed by atoms with Crippen molar-refractivity contribution in [1.82, 2.24) is 5.32 Å². The van der Waals surface area contributed by atoms with Gasteiger partial charge in [0.25, 0.3) is 5.91 Å². The highest BCUT2D eigenvalue weighted by molar-refractivity contribution is 5.81. The van der Waals surface area contributed by atoms with Crippen LogP contribution in [0, 0.1) is 20.8 Å². The van der Waals surface area contributed by atoms with Gasteiger partial charge in [-0.25, -0.2) is 0 Å². The number of nitrogens with one attached hydrogen (secondary N) is 1. The van der Waals surface area contributed by atoms with Crippen LogP contribution in [0.3, 0.4) is 0 Å². The van der Waals surface area contributed by atoms with Crippen LogP contribution in [0.25, 0.3) is 0 Å². The second-order valence-corrected chi connectivity index (χ2v) is 8.17. The van der Waals surface area contributed by atoms with Crippen LogP contribution < -0.4 is 14.8 Å². The van der Waals surface area contributed by atoms with E-state index in [9.17, 15) is 4.79 Å². The maximum atomic E-state index is 12.9. The lowest BCUT2D eigenvalue weighted by atomic mass is 9.93. The minimum Gasteiger partial charge on any atom is -0.496 e. The summed E-state index contributed by atoms with van der Waals surface area (Å²) < 4.78 is 11.6. The van der Waals surface area contributed by atoms with Crippen molar-refractivity contribution in [2.75, 3.05) is 7.11 Å². The smallest absolute Gasteiger partial charge is 0.261 e. The van der Waals surface area contributed by atoms with E-state index in [1.54, 1.807) is 7.11 Å². The zero-order valence-corrected chi connectivity index (χ0v) is 19.1. The lowest BCUT2D eigenvalue weighted by Crippen LogP contribution is -2.39. The van der Waals surface area contributed by atoms with E-state index in [4.69, 9.17) is 9.47 Å². The summed E-state index contributed by atoms with van der Waals surface area (Å²) in [6, 6.07) is 10.1. The minimum atomic E-state index is -0.526. The fraction of sp³-hybridized carbons (Fsp3) is 0.480. The Balaban J connectivity index is 2.19. The van der Waals surface area contributed by atoms with Gasteiger partial charge in [-0.2, -0.15) is 0 Å². The van der Waals surface area contributed by atoms with Crippen LogP contribution in [0.4, 0.5) is 0 Å². The van der Waals surface area contributed by atoms with E-state index in [2.05, 4.69) is 37.4 Å². The quantitative estimate of drug-likeness (QED) is 0.614. The average Bonchev–Trinajstić information content (AvgIpc) is 2.64. The predicted octanol–water partition coefficient (Wildman–Crippen LogP) is 5.78. The van der Waals surface area contributed by atoms with Crippen LogP contribution in [0.15, 0.2) is 30.3 Å². The van der Waals surface area contributed by atoms with Gasteiger partial charge >= 0.3 is 0 Å². The number of carbonyl (C=O) groups excluding carboxylic acids is 1. The van der Waals surface area contributed by atoms with Gasteiger partial charge in [0, 0.05) is 0 Å². The molecule has 0 fully saturated rings. The fourth-order valence-corrected chi connectivity index (χ4v) is 3.68. The molecule has 0 aliphatic rings. The monoisotopic (exact) mass is 397 g/mol. The number of aryl methyl sites for hydroxylation is 3. The molecule has 0 radical (unpaired) electrons. The molecule has 2 rings (SSSR count). The predicted molar refractivity (Wildman–Crippen MR) is 119 cm³/mol. The van der Waals surface area contributed by atoms with E-state index in [0.29, 0.717) is 12.3 Å². The molecule has 2 unspecified atom stereocenters. The zero-order valence-electron chi connectivity index (χ0n) is 19.1. The second kappa shape index (κ2) is 9.82. The van der Waals surface area contributed by atoms with Crippen LogP contribution in [-0.4, -0.2) is 19.1 Å². The second-order valence-electron chi connectivity index (χ2n) is 8.17. The third kappa shape index (κ3) is 5.75. The Labute approximate surface area is 175 Å². The van der Waals surface area contributed by atoms with Crippen LogP contribution in [0.2, 0.25) is 0 Å².